The number of alkyl halides is 3. The van der Waals surface area contributed by atoms with Gasteiger partial charge in [-0.1, -0.05) is 23.7 Å². The van der Waals surface area contributed by atoms with Crippen LogP contribution in [-0.4, -0.2) is 19.3 Å². The Bertz CT molecular complexity index is 759. The summed E-state index contributed by atoms with van der Waals surface area (Å²) in [5.74, 6) is -0.465. The fraction of sp³-hybridized carbons (Fsp3) is 0.125. The molecule has 0 aliphatic carbocycles. The number of halogens is 4. The second kappa shape index (κ2) is 7.35. The number of rotatable bonds is 4. The summed E-state index contributed by atoms with van der Waals surface area (Å²) in [5, 5.41) is 3.96. The molecule has 0 amide bonds. The lowest BCUT2D eigenvalue weighted by Gasteiger charge is -2.09. The Kier molecular flexibility index (Phi) is 5.46. The standard InChI is InChI=1S/C16H12ClF3N2O2/c1-24-15(23)11-4-2-10(3-5-11)9-21-22-14-8-12(16(18,19)20)6-7-13(14)17/h2-9,22H,1H3/b21-9-. The van der Waals surface area contributed by atoms with Crippen LogP contribution in [0.1, 0.15) is 21.5 Å². The largest absolute Gasteiger partial charge is 0.465 e. The van der Waals surface area contributed by atoms with E-state index >= 15 is 0 Å². The van der Waals surface area contributed by atoms with Crippen LogP contribution in [0.5, 0.6) is 0 Å². The summed E-state index contributed by atoms with van der Waals surface area (Å²) in [6.07, 6.45) is -3.08. The van der Waals surface area contributed by atoms with E-state index < -0.39 is 17.7 Å². The summed E-state index contributed by atoms with van der Waals surface area (Å²) in [7, 11) is 1.28. The van der Waals surface area contributed by atoms with Crippen molar-refractivity contribution < 1.29 is 22.7 Å². The highest BCUT2D eigenvalue weighted by Crippen LogP contribution is 2.33. The smallest absolute Gasteiger partial charge is 0.416 e. The minimum absolute atomic E-state index is 0.0360. The molecule has 4 nitrogen and oxygen atoms in total. The number of carbonyl (C=O) groups is 1. The zero-order valence-electron chi connectivity index (χ0n) is 12.4. The molecule has 8 heteroatoms. The average molecular weight is 357 g/mol. The second-order valence-corrected chi connectivity index (χ2v) is 5.08. The number of anilines is 1. The molecule has 0 radical (unpaired) electrons. The third kappa shape index (κ3) is 4.48. The van der Waals surface area contributed by atoms with Crippen LogP contribution in [0.3, 0.4) is 0 Å². The number of carbonyl (C=O) groups excluding carboxylic acids is 1. The minimum Gasteiger partial charge on any atom is -0.465 e. The van der Waals surface area contributed by atoms with E-state index in [0.29, 0.717) is 11.1 Å². The molecule has 2 aromatic carbocycles. The zero-order chi connectivity index (χ0) is 17.7. The lowest BCUT2D eigenvalue weighted by molar-refractivity contribution is -0.137. The number of benzene rings is 2. The van der Waals surface area contributed by atoms with Gasteiger partial charge < -0.3 is 4.74 Å². The number of hydrogen-bond acceptors (Lipinski definition) is 4. The van der Waals surface area contributed by atoms with Gasteiger partial charge in [-0.2, -0.15) is 18.3 Å². The maximum Gasteiger partial charge on any atom is 0.416 e. The molecule has 0 heterocycles. The molecule has 0 bridgehead atoms. The molecule has 0 aliphatic rings. The fourth-order valence-corrected chi connectivity index (χ4v) is 1.95. The number of hydrogen-bond donors (Lipinski definition) is 1. The van der Waals surface area contributed by atoms with Gasteiger partial charge in [0.15, 0.2) is 0 Å². The van der Waals surface area contributed by atoms with E-state index in [0.717, 1.165) is 18.2 Å². The first-order valence-electron chi connectivity index (χ1n) is 6.65. The maximum atomic E-state index is 12.7. The summed E-state index contributed by atoms with van der Waals surface area (Å²) < 4.78 is 42.6. The molecule has 0 saturated carbocycles. The molecule has 24 heavy (non-hydrogen) atoms. The second-order valence-electron chi connectivity index (χ2n) is 4.68. The number of esters is 1. The number of methoxy groups -OCH3 is 1. The van der Waals surface area contributed by atoms with Crippen LogP contribution in [0.4, 0.5) is 18.9 Å². The molecule has 126 valence electrons. The Labute approximate surface area is 140 Å². The van der Waals surface area contributed by atoms with Crippen molar-refractivity contribution in [1.82, 2.24) is 0 Å². The summed E-state index contributed by atoms with van der Waals surface area (Å²) >= 11 is 5.84. The Hall–Kier alpha value is -2.54. The van der Waals surface area contributed by atoms with Crippen LogP contribution in [0, 0.1) is 0 Å². The van der Waals surface area contributed by atoms with E-state index in [-0.39, 0.29) is 10.7 Å². The predicted octanol–water partition coefficient (Wildman–Crippen LogP) is 4.59. The molecule has 0 saturated heterocycles. The quantitative estimate of drug-likeness (QED) is 0.495. The summed E-state index contributed by atoms with van der Waals surface area (Å²) in [4.78, 5) is 11.3. The van der Waals surface area contributed by atoms with Crippen molar-refractivity contribution in [3.63, 3.8) is 0 Å². The van der Waals surface area contributed by atoms with Crippen LogP contribution in [-0.2, 0) is 10.9 Å². The number of nitrogens with zero attached hydrogens (tertiary/aromatic N) is 1. The Morgan fingerprint density at radius 3 is 2.46 bits per heavy atom. The molecule has 0 atom stereocenters. The summed E-state index contributed by atoms with van der Waals surface area (Å²) in [6, 6.07) is 9.24. The SMILES string of the molecule is COC(=O)c1ccc(/C=N\Nc2cc(C(F)(F)F)ccc2Cl)cc1. The average Bonchev–Trinajstić information content (AvgIpc) is 2.55. The lowest BCUT2D eigenvalue weighted by atomic mass is 10.1. The third-order valence-corrected chi connectivity index (χ3v) is 3.35. The fourth-order valence-electron chi connectivity index (χ4n) is 1.79. The Balaban J connectivity index is 2.10. The topological polar surface area (TPSA) is 50.7 Å². The Morgan fingerprint density at radius 2 is 1.88 bits per heavy atom. The lowest BCUT2D eigenvalue weighted by Crippen LogP contribution is -2.05. The van der Waals surface area contributed by atoms with Gasteiger partial charge in [-0.25, -0.2) is 4.79 Å². The van der Waals surface area contributed by atoms with E-state index in [9.17, 15) is 18.0 Å². The van der Waals surface area contributed by atoms with Crippen LogP contribution < -0.4 is 5.43 Å². The van der Waals surface area contributed by atoms with Gasteiger partial charge in [0.05, 0.1) is 35.2 Å². The van der Waals surface area contributed by atoms with E-state index in [1.807, 2.05) is 0 Å². The maximum absolute atomic E-state index is 12.7. The van der Waals surface area contributed by atoms with Crippen molar-refractivity contribution in [1.29, 1.82) is 0 Å². The van der Waals surface area contributed by atoms with Gasteiger partial charge in [-0.3, -0.25) is 5.43 Å². The molecule has 1 N–H and O–H groups in total. The predicted molar refractivity (Wildman–Crippen MR) is 85.5 cm³/mol. The molecule has 0 aliphatic heterocycles. The van der Waals surface area contributed by atoms with Crippen LogP contribution in [0.15, 0.2) is 47.6 Å². The summed E-state index contributed by atoms with van der Waals surface area (Å²) in [5.41, 5.74) is 2.69. The minimum atomic E-state index is -4.46. The molecule has 0 fully saturated rings. The van der Waals surface area contributed by atoms with Crippen molar-refractivity contribution in [2.75, 3.05) is 12.5 Å². The highest BCUT2D eigenvalue weighted by atomic mass is 35.5. The third-order valence-electron chi connectivity index (χ3n) is 3.02. The number of ether oxygens (including phenoxy) is 1. The van der Waals surface area contributed by atoms with Crippen molar-refractivity contribution in [2.45, 2.75) is 6.18 Å². The van der Waals surface area contributed by atoms with Crippen molar-refractivity contribution in [2.24, 2.45) is 5.10 Å². The van der Waals surface area contributed by atoms with Crippen molar-refractivity contribution in [3.05, 3.63) is 64.2 Å². The van der Waals surface area contributed by atoms with E-state index in [2.05, 4.69) is 15.3 Å². The van der Waals surface area contributed by atoms with Gasteiger partial charge in [0.1, 0.15) is 0 Å². The van der Waals surface area contributed by atoms with Gasteiger partial charge in [0.2, 0.25) is 0 Å². The van der Waals surface area contributed by atoms with Gasteiger partial charge in [0, 0.05) is 0 Å². The molecule has 2 rings (SSSR count). The van der Waals surface area contributed by atoms with Crippen LogP contribution in [0.25, 0.3) is 0 Å². The monoisotopic (exact) mass is 356 g/mol. The Morgan fingerprint density at radius 1 is 1.21 bits per heavy atom. The van der Waals surface area contributed by atoms with Gasteiger partial charge in [0.25, 0.3) is 0 Å². The number of nitrogens with one attached hydrogen (secondary N) is 1. The normalized spacial score (nSPS) is 11.5. The number of hydrazone groups is 1. The van der Waals surface area contributed by atoms with Crippen LogP contribution in [0.2, 0.25) is 5.02 Å². The molecular formula is C16H12ClF3N2O2. The molecule has 0 unspecified atom stereocenters. The van der Waals surface area contributed by atoms with E-state index in [1.54, 1.807) is 24.3 Å². The first-order valence-corrected chi connectivity index (χ1v) is 7.03. The van der Waals surface area contributed by atoms with Crippen molar-refractivity contribution >= 4 is 29.5 Å². The highest BCUT2D eigenvalue weighted by Gasteiger charge is 2.30. The van der Waals surface area contributed by atoms with Crippen LogP contribution >= 0.6 is 11.6 Å². The molecule has 2 aromatic rings. The van der Waals surface area contributed by atoms with E-state index in [4.69, 9.17) is 11.6 Å². The zero-order valence-corrected chi connectivity index (χ0v) is 13.2. The summed E-state index contributed by atoms with van der Waals surface area (Å²) in [6.45, 7) is 0. The van der Waals surface area contributed by atoms with Gasteiger partial charge >= 0.3 is 12.1 Å². The van der Waals surface area contributed by atoms with Crippen molar-refractivity contribution in [3.8, 4) is 0 Å². The van der Waals surface area contributed by atoms with Gasteiger partial charge in [-0.15, -0.1) is 0 Å². The first kappa shape index (κ1) is 17.8. The van der Waals surface area contributed by atoms with E-state index in [1.165, 1.54) is 13.3 Å². The first-order chi connectivity index (χ1) is 11.3. The molecular weight excluding hydrogens is 345 g/mol. The molecule has 0 spiro atoms. The molecule has 0 aromatic heterocycles. The van der Waals surface area contributed by atoms with Gasteiger partial charge in [-0.05, 0) is 35.9 Å². The highest BCUT2D eigenvalue weighted by molar-refractivity contribution is 6.33.